The van der Waals surface area contributed by atoms with Crippen molar-refractivity contribution >= 4 is 22.4 Å². The lowest BCUT2D eigenvalue weighted by atomic mass is 9.91. The Morgan fingerprint density at radius 1 is 0.932 bits per heavy atom. The molecule has 3 aromatic carbocycles. The molecule has 0 radical (unpaired) electrons. The molecule has 44 heavy (non-hydrogen) atoms. The molecule has 1 aliphatic carbocycles. The third-order valence-corrected chi connectivity index (χ3v) is 9.64. The number of hydrogen-bond acceptors (Lipinski definition) is 5. The summed E-state index contributed by atoms with van der Waals surface area (Å²) in [6, 6.07) is 23.2. The van der Waals surface area contributed by atoms with Crippen LogP contribution in [0, 0.1) is 0 Å². The quantitative estimate of drug-likeness (QED) is 0.156. The van der Waals surface area contributed by atoms with E-state index in [4.69, 9.17) is 21.4 Å². The molecule has 0 unspecified atom stereocenters. The third-order valence-electron chi connectivity index (χ3n) is 9.39. The van der Waals surface area contributed by atoms with E-state index in [1.807, 2.05) is 48.5 Å². The number of rotatable bonds is 13. The van der Waals surface area contributed by atoms with Gasteiger partial charge in [0.1, 0.15) is 5.75 Å². The summed E-state index contributed by atoms with van der Waals surface area (Å²) in [7, 11) is 0. The van der Waals surface area contributed by atoms with Crippen molar-refractivity contribution in [2.45, 2.75) is 70.9 Å². The molecule has 0 atom stereocenters. The van der Waals surface area contributed by atoms with Crippen molar-refractivity contribution in [2.75, 3.05) is 39.3 Å². The van der Waals surface area contributed by atoms with Gasteiger partial charge < -0.3 is 9.64 Å². The van der Waals surface area contributed by atoms with Crippen LogP contribution in [0.4, 0.5) is 0 Å². The van der Waals surface area contributed by atoms with Crippen LogP contribution in [-0.4, -0.2) is 65.0 Å². The van der Waals surface area contributed by atoms with Crippen LogP contribution >= 0.6 is 11.6 Å². The Balaban J connectivity index is 1.04. The van der Waals surface area contributed by atoms with Crippen LogP contribution in [0.5, 0.6) is 5.75 Å². The third kappa shape index (κ3) is 7.53. The average Bonchev–Trinajstić information content (AvgIpc) is 3.22. The molecule has 0 amide bonds. The Morgan fingerprint density at radius 2 is 1.70 bits per heavy atom. The summed E-state index contributed by atoms with van der Waals surface area (Å²) in [4.78, 5) is 18.5. The maximum Gasteiger partial charge on any atom is 0.274 e. The van der Waals surface area contributed by atoms with Crippen LogP contribution in [0.1, 0.15) is 61.4 Å². The highest BCUT2D eigenvalue weighted by Gasteiger charge is 2.26. The van der Waals surface area contributed by atoms with Gasteiger partial charge in [-0.3, -0.25) is 9.69 Å². The number of halogens is 1. The SMILES string of the molecule is CCCN(CCCOc1ccc2c(c1)CCN(C1CCC1)CC2)CCn1nc(Cc2ccc(Cl)cc2)c2ccccc2c1=O. The van der Waals surface area contributed by atoms with E-state index in [9.17, 15) is 4.79 Å². The highest BCUT2D eigenvalue weighted by Crippen LogP contribution is 2.28. The Kier molecular flexibility index (Phi) is 10.3. The molecule has 6 rings (SSSR count). The number of aromatic nitrogens is 2. The van der Waals surface area contributed by atoms with Crippen molar-refractivity contribution in [3.63, 3.8) is 0 Å². The van der Waals surface area contributed by atoms with Gasteiger partial charge in [0.05, 0.1) is 24.2 Å². The van der Waals surface area contributed by atoms with Gasteiger partial charge in [-0.2, -0.15) is 5.10 Å². The predicted octanol–water partition coefficient (Wildman–Crippen LogP) is 6.77. The van der Waals surface area contributed by atoms with Crippen LogP contribution in [0.15, 0.2) is 71.5 Å². The van der Waals surface area contributed by atoms with Crippen molar-refractivity contribution < 1.29 is 4.74 Å². The van der Waals surface area contributed by atoms with E-state index in [1.165, 1.54) is 43.5 Å². The van der Waals surface area contributed by atoms with E-state index in [1.54, 1.807) is 4.68 Å². The summed E-state index contributed by atoms with van der Waals surface area (Å²) in [5.74, 6) is 0.989. The molecule has 4 aromatic rings. The van der Waals surface area contributed by atoms with Gasteiger partial charge >= 0.3 is 0 Å². The summed E-state index contributed by atoms with van der Waals surface area (Å²) >= 11 is 6.10. The fraction of sp³-hybridized carbons (Fsp3) is 0.459. The maximum absolute atomic E-state index is 13.4. The summed E-state index contributed by atoms with van der Waals surface area (Å²) in [5, 5.41) is 7.22. The number of benzene rings is 3. The zero-order chi connectivity index (χ0) is 30.3. The lowest BCUT2D eigenvalue weighted by Gasteiger charge is -2.36. The van der Waals surface area contributed by atoms with Gasteiger partial charge in [0.2, 0.25) is 0 Å². The second-order valence-electron chi connectivity index (χ2n) is 12.4. The molecule has 7 heteroatoms. The molecule has 1 aliphatic heterocycles. The number of nitrogens with zero attached hydrogens (tertiary/aromatic N) is 4. The van der Waals surface area contributed by atoms with Gasteiger partial charge in [0.15, 0.2) is 0 Å². The van der Waals surface area contributed by atoms with Crippen LogP contribution in [-0.2, 0) is 25.8 Å². The van der Waals surface area contributed by atoms with E-state index in [0.717, 1.165) is 79.1 Å². The first-order chi connectivity index (χ1) is 21.6. The van der Waals surface area contributed by atoms with Crippen LogP contribution in [0.2, 0.25) is 5.02 Å². The normalized spacial score (nSPS) is 15.7. The molecule has 0 N–H and O–H groups in total. The molecular formula is C37H45ClN4O2. The van der Waals surface area contributed by atoms with Gasteiger partial charge in [0, 0.05) is 49.1 Å². The highest BCUT2D eigenvalue weighted by molar-refractivity contribution is 6.30. The van der Waals surface area contributed by atoms with E-state index < -0.39 is 0 Å². The smallest absolute Gasteiger partial charge is 0.274 e. The molecule has 0 spiro atoms. The molecule has 1 fully saturated rings. The van der Waals surface area contributed by atoms with Crippen molar-refractivity contribution in [3.8, 4) is 5.75 Å². The number of ether oxygens (including phenoxy) is 1. The van der Waals surface area contributed by atoms with E-state index >= 15 is 0 Å². The van der Waals surface area contributed by atoms with Gasteiger partial charge in [-0.1, -0.05) is 61.3 Å². The van der Waals surface area contributed by atoms with Crippen LogP contribution < -0.4 is 10.3 Å². The minimum absolute atomic E-state index is 0.0285. The molecule has 2 aliphatic rings. The van der Waals surface area contributed by atoms with Crippen molar-refractivity contribution in [3.05, 3.63) is 104 Å². The minimum atomic E-state index is -0.0285. The molecule has 232 valence electrons. The van der Waals surface area contributed by atoms with Crippen molar-refractivity contribution in [1.82, 2.24) is 19.6 Å². The monoisotopic (exact) mass is 612 g/mol. The second-order valence-corrected chi connectivity index (χ2v) is 12.9. The fourth-order valence-electron chi connectivity index (χ4n) is 6.67. The Hall–Kier alpha value is -3.19. The average molecular weight is 613 g/mol. The lowest BCUT2D eigenvalue weighted by Crippen LogP contribution is -2.41. The molecule has 2 heterocycles. The summed E-state index contributed by atoms with van der Waals surface area (Å²) in [6.45, 7) is 8.49. The maximum atomic E-state index is 13.4. The molecule has 0 saturated heterocycles. The second kappa shape index (κ2) is 14.7. The summed E-state index contributed by atoms with van der Waals surface area (Å²) in [5.41, 5.74) is 4.95. The van der Waals surface area contributed by atoms with Gasteiger partial charge in [-0.15, -0.1) is 0 Å². The summed E-state index contributed by atoms with van der Waals surface area (Å²) < 4.78 is 7.90. The summed E-state index contributed by atoms with van der Waals surface area (Å²) in [6.07, 6.45) is 9.07. The van der Waals surface area contributed by atoms with E-state index in [2.05, 4.69) is 34.9 Å². The standard InChI is InChI=1S/C37H45ClN4O2/c1-2-19-40(20-6-25-44-33-16-13-29-17-21-41(32-7-5-8-32)22-18-30(29)27-33)23-24-42-37(43)35-10-4-3-9-34(35)36(39-42)26-28-11-14-31(38)15-12-28/h3-4,9-16,27,32H,2,5-8,17-26H2,1H3. The van der Waals surface area contributed by atoms with E-state index in [-0.39, 0.29) is 5.56 Å². The van der Waals surface area contributed by atoms with E-state index in [0.29, 0.717) is 24.6 Å². The zero-order valence-corrected chi connectivity index (χ0v) is 26.8. The molecular weight excluding hydrogens is 568 g/mol. The number of fused-ring (bicyclic) bond motifs is 2. The van der Waals surface area contributed by atoms with Crippen molar-refractivity contribution in [2.24, 2.45) is 0 Å². The number of hydrogen-bond donors (Lipinski definition) is 0. The Labute approximate surface area is 266 Å². The fourth-order valence-corrected chi connectivity index (χ4v) is 6.80. The topological polar surface area (TPSA) is 50.6 Å². The zero-order valence-electron chi connectivity index (χ0n) is 26.0. The minimum Gasteiger partial charge on any atom is -0.494 e. The molecule has 6 nitrogen and oxygen atoms in total. The first kappa shape index (κ1) is 30.8. The van der Waals surface area contributed by atoms with Gasteiger partial charge in [0.25, 0.3) is 5.56 Å². The first-order valence-electron chi connectivity index (χ1n) is 16.5. The van der Waals surface area contributed by atoms with Crippen LogP contribution in [0.25, 0.3) is 10.8 Å². The van der Waals surface area contributed by atoms with Gasteiger partial charge in [-0.05, 0) is 92.1 Å². The Morgan fingerprint density at radius 3 is 2.45 bits per heavy atom. The van der Waals surface area contributed by atoms with Crippen molar-refractivity contribution in [1.29, 1.82) is 0 Å². The Bertz CT molecular complexity index is 1600. The molecule has 1 aromatic heterocycles. The molecule has 1 saturated carbocycles. The lowest BCUT2D eigenvalue weighted by molar-refractivity contribution is 0.133. The van der Waals surface area contributed by atoms with Crippen LogP contribution in [0.3, 0.4) is 0 Å². The first-order valence-corrected chi connectivity index (χ1v) is 16.9. The largest absolute Gasteiger partial charge is 0.494 e. The predicted molar refractivity (Wildman–Crippen MR) is 180 cm³/mol. The molecule has 0 bridgehead atoms. The van der Waals surface area contributed by atoms with Gasteiger partial charge in [-0.25, -0.2) is 4.68 Å². The highest BCUT2D eigenvalue weighted by atomic mass is 35.5.